The normalized spacial score (nSPS) is 15.4. The number of ether oxygens (including phenoxy) is 1. The first kappa shape index (κ1) is 22.6. The summed E-state index contributed by atoms with van der Waals surface area (Å²) in [5, 5.41) is 4.23. The van der Waals surface area contributed by atoms with E-state index >= 15 is 0 Å². The predicted molar refractivity (Wildman–Crippen MR) is 131 cm³/mol. The molecule has 0 aliphatic heterocycles. The highest BCUT2D eigenvalue weighted by atomic mass is 32.2. The smallest absolute Gasteiger partial charge is 0.263 e. The van der Waals surface area contributed by atoms with E-state index in [1.165, 1.54) is 22.2 Å². The second-order valence-corrected chi connectivity index (χ2v) is 10.0. The average molecular weight is 470 g/mol. The summed E-state index contributed by atoms with van der Waals surface area (Å²) < 4.78 is 6.97. The van der Waals surface area contributed by atoms with E-state index in [9.17, 15) is 9.59 Å². The summed E-state index contributed by atoms with van der Waals surface area (Å²) in [6, 6.07) is 7.59. The van der Waals surface area contributed by atoms with Crippen molar-refractivity contribution in [2.45, 2.75) is 44.4 Å². The average Bonchev–Trinajstić information content (AvgIpc) is 3.16. The maximum absolute atomic E-state index is 13.3. The molecule has 0 fully saturated rings. The van der Waals surface area contributed by atoms with Crippen LogP contribution < -0.4 is 15.6 Å². The Bertz CT molecular complexity index is 1220. The van der Waals surface area contributed by atoms with E-state index < -0.39 is 0 Å². The number of thiophene rings is 1. The molecule has 0 bridgehead atoms. The van der Waals surface area contributed by atoms with Gasteiger partial charge in [0.15, 0.2) is 5.16 Å². The summed E-state index contributed by atoms with van der Waals surface area (Å²) in [5.41, 5.74) is 2.05. The lowest BCUT2D eigenvalue weighted by Crippen LogP contribution is -2.27. The molecule has 8 heteroatoms. The van der Waals surface area contributed by atoms with Crippen LogP contribution in [0.3, 0.4) is 0 Å². The van der Waals surface area contributed by atoms with Gasteiger partial charge in [0.2, 0.25) is 5.91 Å². The van der Waals surface area contributed by atoms with Crippen LogP contribution in [-0.4, -0.2) is 28.3 Å². The summed E-state index contributed by atoms with van der Waals surface area (Å²) in [6.07, 6.45) is 4.73. The van der Waals surface area contributed by atoms with Crippen LogP contribution in [0.2, 0.25) is 0 Å². The van der Waals surface area contributed by atoms with Gasteiger partial charge in [-0.2, -0.15) is 0 Å². The number of methoxy groups -OCH3 is 1. The highest BCUT2D eigenvalue weighted by molar-refractivity contribution is 7.99. The molecule has 1 amide bonds. The molecule has 1 unspecified atom stereocenters. The van der Waals surface area contributed by atoms with Crippen molar-refractivity contribution >= 4 is 39.2 Å². The lowest BCUT2D eigenvalue weighted by molar-refractivity contribution is -0.118. The third kappa shape index (κ3) is 4.61. The number of rotatable bonds is 8. The van der Waals surface area contributed by atoms with Gasteiger partial charge in [-0.25, -0.2) is 4.98 Å². The number of nitrogens with zero attached hydrogens (tertiary/aromatic N) is 2. The van der Waals surface area contributed by atoms with E-state index in [2.05, 4.69) is 18.8 Å². The molecule has 1 N–H and O–H groups in total. The standard InChI is InChI=1S/C24H27N3O3S2/c1-4-11-27-23(29)21-17-10-9-15(2)12-19(17)32-22(21)26-24(27)31-14-20(28)25-13-16-7-5-6-8-18(16)30-3/h4-8,15H,1,9-14H2,2-3H3,(H,25,28). The molecule has 2 heterocycles. The third-order valence-corrected chi connectivity index (χ3v) is 7.82. The lowest BCUT2D eigenvalue weighted by atomic mass is 9.89. The molecule has 0 saturated heterocycles. The number of fused-ring (bicyclic) bond motifs is 3. The van der Waals surface area contributed by atoms with E-state index in [1.807, 2.05) is 24.3 Å². The molecule has 32 heavy (non-hydrogen) atoms. The van der Waals surface area contributed by atoms with Crippen LogP contribution in [0.5, 0.6) is 5.75 Å². The largest absolute Gasteiger partial charge is 0.496 e. The predicted octanol–water partition coefficient (Wildman–Crippen LogP) is 4.19. The summed E-state index contributed by atoms with van der Waals surface area (Å²) in [6.45, 7) is 6.79. The number of amides is 1. The lowest BCUT2D eigenvalue weighted by Gasteiger charge is -2.17. The molecule has 6 nitrogen and oxygen atoms in total. The quantitative estimate of drug-likeness (QED) is 0.304. The van der Waals surface area contributed by atoms with Crippen molar-refractivity contribution in [1.82, 2.24) is 14.9 Å². The second-order valence-electron chi connectivity index (χ2n) is 8.01. The fourth-order valence-corrected chi connectivity index (χ4v) is 6.29. The fourth-order valence-electron chi connectivity index (χ4n) is 4.03. The number of thioether (sulfide) groups is 1. The van der Waals surface area contributed by atoms with Crippen molar-refractivity contribution in [3.8, 4) is 5.75 Å². The van der Waals surface area contributed by atoms with Crippen LogP contribution in [0.4, 0.5) is 0 Å². The monoisotopic (exact) mass is 469 g/mol. The zero-order valence-corrected chi connectivity index (χ0v) is 20.0. The van der Waals surface area contributed by atoms with E-state index in [0.29, 0.717) is 24.2 Å². The molecule has 0 saturated carbocycles. The molecule has 1 aliphatic rings. The number of nitrogens with one attached hydrogen (secondary N) is 1. The molecule has 168 valence electrons. The first-order chi connectivity index (χ1) is 15.5. The fraction of sp³-hybridized carbons (Fsp3) is 0.375. The maximum Gasteiger partial charge on any atom is 0.263 e. The number of carbonyl (C=O) groups is 1. The van der Waals surface area contributed by atoms with Crippen LogP contribution in [0, 0.1) is 5.92 Å². The molecular weight excluding hydrogens is 442 g/mol. The van der Waals surface area contributed by atoms with Gasteiger partial charge in [-0.1, -0.05) is 43.0 Å². The molecule has 3 aromatic rings. The minimum atomic E-state index is -0.125. The van der Waals surface area contributed by atoms with E-state index in [0.717, 1.165) is 40.8 Å². The van der Waals surface area contributed by atoms with Crippen molar-refractivity contribution in [3.63, 3.8) is 0 Å². The van der Waals surface area contributed by atoms with Gasteiger partial charge in [0, 0.05) is 23.5 Å². The third-order valence-electron chi connectivity index (χ3n) is 5.69. The minimum absolute atomic E-state index is 0.0288. The Hall–Kier alpha value is -2.58. The van der Waals surface area contributed by atoms with Gasteiger partial charge >= 0.3 is 0 Å². The van der Waals surface area contributed by atoms with Crippen molar-refractivity contribution in [2.75, 3.05) is 12.9 Å². The molecule has 1 atom stereocenters. The van der Waals surface area contributed by atoms with Crippen LogP contribution >= 0.6 is 23.1 Å². The maximum atomic E-state index is 13.3. The Morgan fingerprint density at radius 2 is 2.25 bits per heavy atom. The van der Waals surface area contributed by atoms with Crippen LogP contribution in [0.15, 0.2) is 46.9 Å². The number of allylic oxidation sites excluding steroid dienone is 1. The van der Waals surface area contributed by atoms with Gasteiger partial charge < -0.3 is 10.1 Å². The topological polar surface area (TPSA) is 73.2 Å². The summed E-state index contributed by atoms with van der Waals surface area (Å²) in [5.74, 6) is 1.42. The minimum Gasteiger partial charge on any atom is -0.496 e. The van der Waals surface area contributed by atoms with Gasteiger partial charge in [0.05, 0.1) is 18.2 Å². The van der Waals surface area contributed by atoms with E-state index in [4.69, 9.17) is 9.72 Å². The number of hydrogen-bond donors (Lipinski definition) is 1. The molecule has 1 aromatic carbocycles. The van der Waals surface area contributed by atoms with Crippen LogP contribution in [0.25, 0.3) is 10.2 Å². The molecule has 1 aliphatic carbocycles. The summed E-state index contributed by atoms with van der Waals surface area (Å²) >= 11 is 2.91. The van der Waals surface area contributed by atoms with Gasteiger partial charge in [0.25, 0.3) is 5.56 Å². The molecule has 2 aromatic heterocycles. The van der Waals surface area contributed by atoms with Crippen LogP contribution in [-0.2, 0) is 30.7 Å². The first-order valence-corrected chi connectivity index (χ1v) is 12.5. The molecular formula is C24H27N3O3S2. The molecule has 4 rings (SSSR count). The van der Waals surface area contributed by atoms with Crippen LogP contribution in [0.1, 0.15) is 29.3 Å². The summed E-state index contributed by atoms with van der Waals surface area (Å²) in [7, 11) is 1.61. The Morgan fingerprint density at radius 3 is 3.03 bits per heavy atom. The molecule has 0 radical (unpaired) electrons. The van der Waals surface area contributed by atoms with Crippen molar-refractivity contribution in [3.05, 3.63) is 63.3 Å². The van der Waals surface area contributed by atoms with E-state index in [-0.39, 0.29) is 17.2 Å². The molecule has 0 spiro atoms. The highest BCUT2D eigenvalue weighted by Gasteiger charge is 2.24. The number of benzene rings is 1. The Kier molecular flexibility index (Phi) is 7.01. The van der Waals surface area contributed by atoms with Gasteiger partial charge in [-0.3, -0.25) is 14.2 Å². The number of para-hydroxylation sites is 1. The van der Waals surface area contributed by atoms with Gasteiger partial charge in [-0.15, -0.1) is 17.9 Å². The van der Waals surface area contributed by atoms with Crippen molar-refractivity contribution in [1.29, 1.82) is 0 Å². The van der Waals surface area contributed by atoms with E-state index in [1.54, 1.807) is 29.1 Å². The number of aryl methyl sites for hydroxylation is 1. The summed E-state index contributed by atoms with van der Waals surface area (Å²) in [4.78, 5) is 32.7. The Morgan fingerprint density at radius 1 is 1.44 bits per heavy atom. The SMILES string of the molecule is C=CCn1c(SCC(=O)NCc2ccccc2OC)nc2sc3c(c2c1=O)CCC(C)C3. The van der Waals surface area contributed by atoms with Crippen molar-refractivity contribution in [2.24, 2.45) is 5.92 Å². The first-order valence-electron chi connectivity index (χ1n) is 10.7. The Balaban J connectivity index is 1.53. The zero-order valence-electron chi connectivity index (χ0n) is 18.3. The number of hydrogen-bond acceptors (Lipinski definition) is 6. The number of carbonyl (C=O) groups excluding carboxylic acids is 1. The van der Waals surface area contributed by atoms with Gasteiger partial charge in [0.1, 0.15) is 10.6 Å². The highest BCUT2D eigenvalue weighted by Crippen LogP contribution is 2.36. The van der Waals surface area contributed by atoms with Gasteiger partial charge in [-0.05, 0) is 36.8 Å². The zero-order chi connectivity index (χ0) is 22.7. The van der Waals surface area contributed by atoms with Crippen molar-refractivity contribution < 1.29 is 9.53 Å². The second kappa shape index (κ2) is 9.92. The number of aromatic nitrogens is 2. The Labute approximate surface area is 195 Å².